The Hall–Kier alpha value is -0.860. The van der Waals surface area contributed by atoms with Crippen molar-refractivity contribution >= 4 is 39.1 Å². The van der Waals surface area contributed by atoms with Gasteiger partial charge in [-0.05, 0) is 30.5 Å². The van der Waals surface area contributed by atoms with Gasteiger partial charge in [-0.25, -0.2) is 12.7 Å². The third-order valence-corrected chi connectivity index (χ3v) is 7.26. The molecule has 1 aromatic carbocycles. The predicted octanol–water partition coefficient (Wildman–Crippen LogP) is 2.31. The second kappa shape index (κ2) is 8.66. The van der Waals surface area contributed by atoms with Gasteiger partial charge in [0.2, 0.25) is 15.9 Å². The van der Waals surface area contributed by atoms with E-state index in [-0.39, 0.29) is 11.8 Å². The van der Waals surface area contributed by atoms with Gasteiger partial charge in [-0.15, -0.1) is 0 Å². The SMILES string of the molecule is CS(=O)(=O)N1CCC(C(=O)N2CCN(Cc3ccc(Cl)cc3Cl)CC2)CC1. The molecular formula is C18H25Cl2N3O3S. The van der Waals surface area contributed by atoms with Crippen LogP contribution < -0.4 is 0 Å². The second-order valence-electron chi connectivity index (χ2n) is 7.27. The number of amides is 1. The summed E-state index contributed by atoms with van der Waals surface area (Å²) >= 11 is 12.2. The van der Waals surface area contributed by atoms with E-state index in [0.29, 0.717) is 49.1 Å². The van der Waals surface area contributed by atoms with Crippen LogP contribution in [-0.2, 0) is 21.4 Å². The van der Waals surface area contributed by atoms with E-state index in [9.17, 15) is 13.2 Å². The molecule has 9 heteroatoms. The molecule has 1 aromatic rings. The van der Waals surface area contributed by atoms with Gasteiger partial charge < -0.3 is 4.90 Å². The van der Waals surface area contributed by atoms with Crippen molar-refractivity contribution in [2.45, 2.75) is 19.4 Å². The normalized spacial score (nSPS) is 20.8. The van der Waals surface area contributed by atoms with Crippen LogP contribution >= 0.6 is 23.2 Å². The van der Waals surface area contributed by atoms with E-state index in [0.717, 1.165) is 25.2 Å². The highest BCUT2D eigenvalue weighted by molar-refractivity contribution is 7.88. The largest absolute Gasteiger partial charge is 0.340 e. The van der Waals surface area contributed by atoms with E-state index < -0.39 is 10.0 Å². The van der Waals surface area contributed by atoms with Gasteiger partial charge >= 0.3 is 0 Å². The van der Waals surface area contributed by atoms with Crippen LogP contribution in [0.2, 0.25) is 10.0 Å². The Morgan fingerprint density at radius 2 is 1.70 bits per heavy atom. The van der Waals surface area contributed by atoms with Gasteiger partial charge in [-0.2, -0.15) is 0 Å². The van der Waals surface area contributed by atoms with Gasteiger partial charge in [-0.1, -0.05) is 29.3 Å². The third-order valence-electron chi connectivity index (χ3n) is 5.37. The van der Waals surface area contributed by atoms with Crippen LogP contribution in [0.4, 0.5) is 0 Å². The molecule has 0 spiro atoms. The number of rotatable bonds is 4. The molecule has 0 radical (unpaired) electrons. The van der Waals surface area contributed by atoms with E-state index in [1.54, 1.807) is 6.07 Å². The average molecular weight is 434 g/mol. The minimum absolute atomic E-state index is 0.0692. The number of carbonyl (C=O) groups excluding carboxylic acids is 1. The van der Waals surface area contributed by atoms with E-state index in [1.165, 1.54) is 10.6 Å². The van der Waals surface area contributed by atoms with Crippen molar-refractivity contribution in [2.75, 3.05) is 45.5 Å². The van der Waals surface area contributed by atoms with Crippen molar-refractivity contribution in [1.29, 1.82) is 0 Å². The molecule has 0 unspecified atom stereocenters. The summed E-state index contributed by atoms with van der Waals surface area (Å²) in [6.07, 6.45) is 2.43. The molecule has 150 valence electrons. The van der Waals surface area contributed by atoms with E-state index in [4.69, 9.17) is 23.2 Å². The number of nitrogens with zero attached hydrogens (tertiary/aromatic N) is 3. The molecule has 0 aromatic heterocycles. The number of hydrogen-bond acceptors (Lipinski definition) is 4. The molecule has 2 aliphatic heterocycles. The Morgan fingerprint density at radius 1 is 1.07 bits per heavy atom. The lowest BCUT2D eigenvalue weighted by atomic mass is 9.96. The first-order chi connectivity index (χ1) is 12.7. The van der Waals surface area contributed by atoms with Crippen LogP contribution in [0.5, 0.6) is 0 Å². The molecule has 0 atom stereocenters. The Bertz CT molecular complexity index is 787. The molecule has 2 fully saturated rings. The maximum atomic E-state index is 12.8. The highest BCUT2D eigenvalue weighted by Crippen LogP contribution is 2.24. The molecule has 2 aliphatic rings. The maximum absolute atomic E-state index is 12.8. The molecule has 0 bridgehead atoms. The van der Waals surface area contributed by atoms with Crippen molar-refractivity contribution in [3.63, 3.8) is 0 Å². The van der Waals surface area contributed by atoms with Crippen LogP contribution in [0, 0.1) is 5.92 Å². The summed E-state index contributed by atoms with van der Waals surface area (Å²) in [7, 11) is -3.16. The highest BCUT2D eigenvalue weighted by Gasteiger charge is 2.32. The smallest absolute Gasteiger partial charge is 0.225 e. The molecule has 3 rings (SSSR count). The van der Waals surface area contributed by atoms with E-state index in [1.807, 2.05) is 17.0 Å². The van der Waals surface area contributed by atoms with Crippen molar-refractivity contribution < 1.29 is 13.2 Å². The number of benzene rings is 1. The summed E-state index contributed by atoms with van der Waals surface area (Å²) in [5.41, 5.74) is 1.04. The summed E-state index contributed by atoms with van der Waals surface area (Å²) in [5.74, 6) is 0.0904. The Kier molecular flexibility index (Phi) is 6.69. The van der Waals surface area contributed by atoms with Gasteiger partial charge in [0.15, 0.2) is 0 Å². The fraction of sp³-hybridized carbons (Fsp3) is 0.611. The average Bonchev–Trinajstić information content (AvgIpc) is 2.63. The molecule has 2 saturated heterocycles. The molecule has 0 saturated carbocycles. The van der Waals surface area contributed by atoms with Crippen molar-refractivity contribution in [3.8, 4) is 0 Å². The third kappa shape index (κ3) is 5.35. The zero-order valence-corrected chi connectivity index (χ0v) is 17.7. The summed E-state index contributed by atoms with van der Waals surface area (Å²) in [6, 6.07) is 5.53. The van der Waals surface area contributed by atoms with Crippen LogP contribution in [0.1, 0.15) is 18.4 Å². The van der Waals surface area contributed by atoms with Crippen molar-refractivity contribution in [1.82, 2.24) is 14.1 Å². The summed E-state index contributed by atoms with van der Waals surface area (Å²) in [5, 5.41) is 1.29. The van der Waals surface area contributed by atoms with Crippen molar-refractivity contribution in [3.05, 3.63) is 33.8 Å². The summed E-state index contributed by atoms with van der Waals surface area (Å²) in [6.45, 7) is 4.59. The quantitative estimate of drug-likeness (QED) is 0.730. The second-order valence-corrected chi connectivity index (χ2v) is 10.1. The van der Waals surface area contributed by atoms with E-state index >= 15 is 0 Å². The molecular weight excluding hydrogens is 409 g/mol. The Labute approximate surface area is 171 Å². The van der Waals surface area contributed by atoms with Gasteiger partial charge in [0.05, 0.1) is 6.26 Å². The monoisotopic (exact) mass is 433 g/mol. The Morgan fingerprint density at radius 3 is 2.26 bits per heavy atom. The van der Waals surface area contributed by atoms with Gasteiger partial charge in [0, 0.05) is 61.8 Å². The molecule has 1 amide bonds. The number of carbonyl (C=O) groups is 1. The first-order valence-electron chi connectivity index (χ1n) is 9.14. The minimum Gasteiger partial charge on any atom is -0.340 e. The fourth-order valence-electron chi connectivity index (χ4n) is 3.71. The minimum atomic E-state index is -3.16. The number of sulfonamides is 1. The van der Waals surface area contributed by atoms with E-state index in [2.05, 4.69) is 4.90 Å². The molecule has 6 nitrogen and oxygen atoms in total. The molecule has 0 aliphatic carbocycles. The fourth-order valence-corrected chi connectivity index (χ4v) is 5.05. The number of piperazine rings is 1. The molecule has 2 heterocycles. The van der Waals surface area contributed by atoms with Crippen LogP contribution in [0.3, 0.4) is 0 Å². The summed E-state index contributed by atoms with van der Waals surface area (Å²) < 4.78 is 24.7. The number of piperidine rings is 1. The maximum Gasteiger partial charge on any atom is 0.225 e. The first kappa shape index (κ1) is 20.9. The molecule has 27 heavy (non-hydrogen) atoms. The standard InChI is InChI=1S/C18H25Cl2N3O3S/c1-27(25,26)23-6-4-14(5-7-23)18(24)22-10-8-21(9-11-22)13-15-2-3-16(19)12-17(15)20/h2-3,12,14H,4-11,13H2,1H3. The van der Waals surface area contributed by atoms with Gasteiger partial charge in [0.1, 0.15) is 0 Å². The lowest BCUT2D eigenvalue weighted by Crippen LogP contribution is -2.51. The van der Waals surface area contributed by atoms with Gasteiger partial charge in [0.25, 0.3) is 0 Å². The summed E-state index contributed by atoms with van der Waals surface area (Å²) in [4.78, 5) is 17.0. The first-order valence-corrected chi connectivity index (χ1v) is 11.7. The zero-order chi connectivity index (χ0) is 19.6. The lowest BCUT2D eigenvalue weighted by Gasteiger charge is -2.38. The van der Waals surface area contributed by atoms with Crippen molar-refractivity contribution in [2.24, 2.45) is 5.92 Å². The molecule has 0 N–H and O–H groups in total. The number of halogens is 2. The van der Waals surface area contributed by atoms with Crippen LogP contribution in [-0.4, -0.2) is 74.0 Å². The predicted molar refractivity (Wildman–Crippen MR) is 107 cm³/mol. The zero-order valence-electron chi connectivity index (χ0n) is 15.4. The highest BCUT2D eigenvalue weighted by atomic mass is 35.5. The topological polar surface area (TPSA) is 60.9 Å². The Balaban J connectivity index is 1.48. The van der Waals surface area contributed by atoms with Crippen LogP contribution in [0.25, 0.3) is 0 Å². The number of hydrogen-bond donors (Lipinski definition) is 0. The van der Waals surface area contributed by atoms with Gasteiger partial charge in [-0.3, -0.25) is 9.69 Å². The lowest BCUT2D eigenvalue weighted by molar-refractivity contribution is -0.138. The van der Waals surface area contributed by atoms with Crippen LogP contribution in [0.15, 0.2) is 18.2 Å².